The molecule has 0 aromatic heterocycles. The summed E-state index contributed by atoms with van der Waals surface area (Å²) in [6.45, 7) is 2.78. The summed E-state index contributed by atoms with van der Waals surface area (Å²) >= 11 is 0. The van der Waals surface area contributed by atoms with E-state index in [1.165, 1.54) is 122 Å². The molecule has 1 saturated heterocycles. The topological polar surface area (TPSA) is 55.4 Å². The van der Waals surface area contributed by atoms with Crippen molar-refractivity contribution in [2.24, 2.45) is 0 Å². The molecule has 1 rings (SSSR count). The number of ether oxygens (including phenoxy) is 1. The Labute approximate surface area is 199 Å². The van der Waals surface area contributed by atoms with E-state index in [1.807, 2.05) is 0 Å². The summed E-state index contributed by atoms with van der Waals surface area (Å²) in [5, 5.41) is 2.66. The van der Waals surface area contributed by atoms with Gasteiger partial charge in [0.25, 0.3) is 0 Å². The molecule has 0 aromatic rings. The van der Waals surface area contributed by atoms with Crippen LogP contribution in [-0.4, -0.2) is 24.5 Å². The average molecular weight is 452 g/mol. The van der Waals surface area contributed by atoms with Gasteiger partial charge < -0.3 is 10.1 Å². The van der Waals surface area contributed by atoms with Gasteiger partial charge in [-0.15, -0.1) is 0 Å². The number of unbranched alkanes of at least 4 members (excludes halogenated alkanes) is 20. The highest BCUT2D eigenvalue weighted by Gasteiger charge is 2.28. The first-order valence-electron chi connectivity index (χ1n) is 14.2. The minimum atomic E-state index is -0.405. The van der Waals surface area contributed by atoms with Gasteiger partial charge in [0.1, 0.15) is 6.04 Å². The van der Waals surface area contributed by atoms with Crippen LogP contribution in [-0.2, 0) is 14.3 Å². The monoisotopic (exact) mass is 451 g/mol. The van der Waals surface area contributed by atoms with Gasteiger partial charge in [-0.2, -0.15) is 0 Å². The van der Waals surface area contributed by atoms with Crippen LogP contribution in [0.3, 0.4) is 0 Å². The quantitative estimate of drug-likeness (QED) is 0.126. The second-order valence-corrected chi connectivity index (χ2v) is 9.90. The van der Waals surface area contributed by atoms with E-state index in [4.69, 9.17) is 4.74 Å². The number of rotatable bonds is 23. The molecular weight excluding hydrogens is 398 g/mol. The zero-order valence-corrected chi connectivity index (χ0v) is 21.3. The first-order chi connectivity index (χ1) is 15.7. The molecule has 0 bridgehead atoms. The molecule has 1 aliphatic rings. The Kier molecular flexibility index (Phi) is 19.7. The van der Waals surface area contributed by atoms with Crippen molar-refractivity contribution < 1.29 is 14.3 Å². The van der Waals surface area contributed by atoms with Crippen LogP contribution in [0, 0.1) is 0 Å². The molecule has 188 valence electrons. The van der Waals surface area contributed by atoms with Gasteiger partial charge in [0.2, 0.25) is 5.91 Å². The average Bonchev–Trinajstić information content (AvgIpc) is 3.23. The summed E-state index contributed by atoms with van der Waals surface area (Å²) in [4.78, 5) is 22.9. The van der Waals surface area contributed by atoms with Crippen LogP contribution in [0.4, 0.5) is 0 Å². The zero-order valence-electron chi connectivity index (χ0n) is 21.3. The lowest BCUT2D eigenvalue weighted by Gasteiger charge is -2.09. The van der Waals surface area contributed by atoms with Gasteiger partial charge in [0, 0.05) is 6.42 Å². The van der Waals surface area contributed by atoms with Crippen molar-refractivity contribution in [2.45, 2.75) is 161 Å². The molecule has 0 unspecified atom stereocenters. The molecule has 0 radical (unpaired) electrons. The maximum Gasteiger partial charge on any atom is 0.328 e. The number of hydrogen-bond donors (Lipinski definition) is 1. The number of carbonyl (C=O) groups is 2. The molecule has 1 amide bonds. The van der Waals surface area contributed by atoms with Crippen LogP contribution in [0.5, 0.6) is 0 Å². The van der Waals surface area contributed by atoms with Gasteiger partial charge in [-0.3, -0.25) is 4.79 Å². The van der Waals surface area contributed by atoms with Gasteiger partial charge in [-0.1, -0.05) is 135 Å². The lowest BCUT2D eigenvalue weighted by molar-refractivity contribution is -0.146. The molecule has 1 N–H and O–H groups in total. The Bertz CT molecular complexity index is 452. The summed E-state index contributed by atoms with van der Waals surface area (Å²) in [5.41, 5.74) is 0. The number of nitrogens with one attached hydrogen (secondary N) is 1. The van der Waals surface area contributed by atoms with E-state index in [9.17, 15) is 9.59 Å². The lowest BCUT2D eigenvalue weighted by Crippen LogP contribution is -2.34. The van der Waals surface area contributed by atoms with Crippen molar-refractivity contribution in [2.75, 3.05) is 6.61 Å². The van der Waals surface area contributed by atoms with Gasteiger partial charge in [0.15, 0.2) is 0 Å². The third kappa shape index (κ3) is 17.5. The minimum absolute atomic E-state index is 0.0407. The fraction of sp³-hybridized carbons (Fsp3) is 0.929. The Balaban J connectivity index is 1.68. The van der Waals surface area contributed by atoms with Gasteiger partial charge in [-0.25, -0.2) is 4.79 Å². The van der Waals surface area contributed by atoms with Gasteiger partial charge in [-0.05, 0) is 12.8 Å². The molecule has 0 aliphatic carbocycles. The fourth-order valence-electron chi connectivity index (χ4n) is 4.60. The summed E-state index contributed by atoms with van der Waals surface area (Å²) in [5.74, 6) is -0.301. The summed E-state index contributed by atoms with van der Waals surface area (Å²) in [6, 6.07) is -0.405. The predicted octanol–water partition coefficient (Wildman–Crippen LogP) is 8.02. The van der Waals surface area contributed by atoms with E-state index in [0.29, 0.717) is 19.4 Å². The molecule has 0 aromatic carbocycles. The lowest BCUT2D eigenvalue weighted by atomic mass is 10.0. The Hall–Kier alpha value is -1.06. The molecule has 32 heavy (non-hydrogen) atoms. The highest BCUT2D eigenvalue weighted by molar-refractivity contribution is 5.87. The molecule has 1 atom stereocenters. The highest BCUT2D eigenvalue weighted by Crippen LogP contribution is 2.15. The number of hydrogen-bond acceptors (Lipinski definition) is 3. The summed E-state index contributed by atoms with van der Waals surface area (Å²) in [7, 11) is 0. The van der Waals surface area contributed by atoms with Crippen molar-refractivity contribution in [3.8, 4) is 0 Å². The van der Waals surface area contributed by atoms with Gasteiger partial charge >= 0.3 is 5.97 Å². The van der Waals surface area contributed by atoms with Crippen LogP contribution < -0.4 is 5.32 Å². The van der Waals surface area contributed by atoms with E-state index in [2.05, 4.69) is 12.2 Å². The molecule has 1 fully saturated rings. The van der Waals surface area contributed by atoms with Crippen molar-refractivity contribution in [1.29, 1.82) is 0 Å². The Morgan fingerprint density at radius 2 is 1.06 bits per heavy atom. The maximum absolute atomic E-state index is 11.8. The smallest absolute Gasteiger partial charge is 0.328 e. The number of esters is 1. The van der Waals surface area contributed by atoms with Crippen LogP contribution in [0.25, 0.3) is 0 Å². The van der Waals surface area contributed by atoms with Crippen LogP contribution in [0.15, 0.2) is 0 Å². The number of carbonyl (C=O) groups excluding carboxylic acids is 2. The van der Waals surface area contributed by atoms with E-state index < -0.39 is 6.04 Å². The molecular formula is C28H53NO3. The van der Waals surface area contributed by atoms with Crippen molar-refractivity contribution in [1.82, 2.24) is 5.32 Å². The first kappa shape index (κ1) is 29.0. The minimum Gasteiger partial charge on any atom is -0.464 e. The van der Waals surface area contributed by atoms with Crippen LogP contribution in [0.1, 0.15) is 155 Å². The van der Waals surface area contributed by atoms with E-state index in [-0.39, 0.29) is 11.9 Å². The number of amides is 1. The molecule has 4 nitrogen and oxygen atoms in total. The zero-order chi connectivity index (χ0) is 23.1. The Morgan fingerprint density at radius 3 is 1.41 bits per heavy atom. The van der Waals surface area contributed by atoms with Crippen molar-refractivity contribution >= 4 is 11.9 Å². The first-order valence-corrected chi connectivity index (χ1v) is 14.2. The van der Waals surface area contributed by atoms with Gasteiger partial charge in [0.05, 0.1) is 6.61 Å². The van der Waals surface area contributed by atoms with E-state index >= 15 is 0 Å². The van der Waals surface area contributed by atoms with Crippen LogP contribution >= 0.6 is 0 Å². The molecule has 1 aliphatic heterocycles. The largest absolute Gasteiger partial charge is 0.464 e. The molecule has 0 saturated carbocycles. The third-order valence-electron chi connectivity index (χ3n) is 6.77. The van der Waals surface area contributed by atoms with E-state index in [1.54, 1.807) is 0 Å². The summed E-state index contributed by atoms with van der Waals surface area (Å²) in [6.07, 6.45) is 29.8. The second-order valence-electron chi connectivity index (χ2n) is 9.90. The molecule has 0 spiro atoms. The second kappa shape index (κ2) is 21.8. The predicted molar refractivity (Wildman–Crippen MR) is 135 cm³/mol. The van der Waals surface area contributed by atoms with Crippen LogP contribution in [0.2, 0.25) is 0 Å². The van der Waals surface area contributed by atoms with Crippen molar-refractivity contribution in [3.63, 3.8) is 0 Å². The SMILES string of the molecule is CCCCCCCCCCCCCCCCCCCCCCCOC(=O)[C@@H]1CCC(=O)N1. The summed E-state index contributed by atoms with van der Waals surface area (Å²) < 4.78 is 5.26. The highest BCUT2D eigenvalue weighted by atomic mass is 16.5. The normalized spacial score (nSPS) is 15.8. The standard InChI is InChI=1S/C28H53NO3/c1-2-3-4-5-6-7-8-9-10-11-12-13-14-15-16-17-18-19-20-21-22-25-32-28(31)26-23-24-27(30)29-26/h26H,2-25H2,1H3,(H,29,30)/t26-/m0/s1. The third-order valence-corrected chi connectivity index (χ3v) is 6.77. The Morgan fingerprint density at radius 1 is 0.688 bits per heavy atom. The van der Waals surface area contributed by atoms with Crippen molar-refractivity contribution in [3.05, 3.63) is 0 Å². The maximum atomic E-state index is 11.8. The molecule has 1 heterocycles. The molecule has 4 heteroatoms. The fourth-order valence-corrected chi connectivity index (χ4v) is 4.60. The van der Waals surface area contributed by atoms with E-state index in [0.717, 1.165) is 12.8 Å².